The predicted octanol–water partition coefficient (Wildman–Crippen LogP) is 5.34. The van der Waals surface area contributed by atoms with Crippen LogP contribution < -0.4 is 5.56 Å². The molecular weight excluding hydrogens is 366 g/mol. The first-order chi connectivity index (χ1) is 13.1. The van der Waals surface area contributed by atoms with Gasteiger partial charge in [0.1, 0.15) is 11.6 Å². The SMILES string of the molecule is O=c1c2ccccc2nc(SCC2CCCCC2)n1-c1ccc(F)cc1F. The zero-order chi connectivity index (χ0) is 18.8. The number of benzene rings is 2. The number of halogens is 2. The van der Waals surface area contributed by atoms with Crippen molar-refractivity contribution in [2.45, 2.75) is 37.3 Å². The van der Waals surface area contributed by atoms with Gasteiger partial charge in [-0.05, 0) is 43.0 Å². The van der Waals surface area contributed by atoms with E-state index in [0.29, 0.717) is 22.0 Å². The molecule has 0 aliphatic heterocycles. The average Bonchev–Trinajstić information content (AvgIpc) is 2.68. The van der Waals surface area contributed by atoms with Gasteiger partial charge in [-0.15, -0.1) is 0 Å². The summed E-state index contributed by atoms with van der Waals surface area (Å²) in [6.07, 6.45) is 6.10. The molecule has 0 atom stereocenters. The van der Waals surface area contributed by atoms with Crippen molar-refractivity contribution >= 4 is 22.7 Å². The first-order valence-electron chi connectivity index (χ1n) is 9.23. The van der Waals surface area contributed by atoms with Crippen LogP contribution in [-0.4, -0.2) is 15.3 Å². The van der Waals surface area contributed by atoms with E-state index in [2.05, 4.69) is 4.98 Å². The lowest BCUT2D eigenvalue weighted by Crippen LogP contribution is -2.23. The molecule has 1 heterocycles. The van der Waals surface area contributed by atoms with Crippen molar-refractivity contribution in [3.63, 3.8) is 0 Å². The lowest BCUT2D eigenvalue weighted by molar-refractivity contribution is 0.390. The highest BCUT2D eigenvalue weighted by atomic mass is 32.2. The lowest BCUT2D eigenvalue weighted by atomic mass is 9.91. The Hall–Kier alpha value is -2.21. The van der Waals surface area contributed by atoms with Crippen LogP contribution in [0.3, 0.4) is 0 Å². The molecule has 27 heavy (non-hydrogen) atoms. The molecule has 3 aromatic rings. The van der Waals surface area contributed by atoms with Crippen molar-refractivity contribution < 1.29 is 8.78 Å². The molecule has 2 aromatic carbocycles. The Morgan fingerprint density at radius 2 is 1.85 bits per heavy atom. The van der Waals surface area contributed by atoms with E-state index < -0.39 is 11.6 Å². The minimum atomic E-state index is -0.770. The second-order valence-electron chi connectivity index (χ2n) is 6.96. The fourth-order valence-electron chi connectivity index (χ4n) is 3.63. The minimum Gasteiger partial charge on any atom is -0.268 e. The molecule has 0 bridgehead atoms. The van der Waals surface area contributed by atoms with Crippen LogP contribution in [0.25, 0.3) is 16.6 Å². The second kappa shape index (κ2) is 7.80. The van der Waals surface area contributed by atoms with Gasteiger partial charge >= 0.3 is 0 Å². The molecule has 1 aromatic heterocycles. The van der Waals surface area contributed by atoms with Gasteiger partial charge in [0.25, 0.3) is 5.56 Å². The molecule has 1 aliphatic rings. The van der Waals surface area contributed by atoms with E-state index in [1.807, 2.05) is 6.07 Å². The summed E-state index contributed by atoms with van der Waals surface area (Å²) < 4.78 is 29.1. The Kier molecular flexibility index (Phi) is 5.25. The molecule has 0 saturated heterocycles. The summed E-state index contributed by atoms with van der Waals surface area (Å²) >= 11 is 1.48. The lowest BCUT2D eigenvalue weighted by Gasteiger charge is -2.21. The number of para-hydroxylation sites is 1. The van der Waals surface area contributed by atoms with Crippen molar-refractivity contribution in [2.24, 2.45) is 5.92 Å². The quantitative estimate of drug-likeness (QED) is 0.449. The van der Waals surface area contributed by atoms with Crippen LogP contribution in [0.4, 0.5) is 8.78 Å². The van der Waals surface area contributed by atoms with Gasteiger partial charge in [0, 0.05) is 11.8 Å². The average molecular weight is 386 g/mol. The first-order valence-corrected chi connectivity index (χ1v) is 10.2. The number of hydrogen-bond acceptors (Lipinski definition) is 3. The van der Waals surface area contributed by atoms with Gasteiger partial charge in [0.2, 0.25) is 0 Å². The second-order valence-corrected chi connectivity index (χ2v) is 7.95. The summed E-state index contributed by atoms with van der Waals surface area (Å²) in [4.78, 5) is 17.7. The van der Waals surface area contributed by atoms with E-state index in [-0.39, 0.29) is 11.2 Å². The van der Waals surface area contributed by atoms with Crippen molar-refractivity contribution in [2.75, 3.05) is 5.75 Å². The third kappa shape index (κ3) is 3.76. The van der Waals surface area contributed by atoms with E-state index in [4.69, 9.17) is 0 Å². The number of nitrogens with zero attached hydrogens (tertiary/aromatic N) is 2. The molecule has 4 rings (SSSR count). The van der Waals surface area contributed by atoms with Crippen LogP contribution >= 0.6 is 11.8 Å². The number of fused-ring (bicyclic) bond motifs is 1. The van der Waals surface area contributed by atoms with Crippen LogP contribution in [0.1, 0.15) is 32.1 Å². The van der Waals surface area contributed by atoms with E-state index in [0.717, 1.165) is 17.9 Å². The van der Waals surface area contributed by atoms with Gasteiger partial charge in [0.15, 0.2) is 5.16 Å². The van der Waals surface area contributed by atoms with Crippen molar-refractivity contribution in [1.29, 1.82) is 0 Å². The minimum absolute atomic E-state index is 0.0331. The van der Waals surface area contributed by atoms with Gasteiger partial charge in [-0.2, -0.15) is 0 Å². The number of thioether (sulfide) groups is 1. The van der Waals surface area contributed by atoms with Gasteiger partial charge in [-0.25, -0.2) is 13.8 Å². The summed E-state index contributed by atoms with van der Waals surface area (Å²) in [5.41, 5.74) is 0.287. The van der Waals surface area contributed by atoms with Crippen molar-refractivity contribution in [1.82, 2.24) is 9.55 Å². The Bertz CT molecular complexity index is 1030. The van der Waals surface area contributed by atoms with Gasteiger partial charge in [-0.3, -0.25) is 9.36 Å². The third-order valence-corrected chi connectivity index (χ3v) is 6.24. The molecular formula is C21H20F2N2OS. The molecule has 0 radical (unpaired) electrons. The standard InChI is InChI=1S/C21H20F2N2OS/c22-15-10-11-19(17(23)12-15)25-20(26)16-8-4-5-9-18(16)24-21(25)27-13-14-6-2-1-3-7-14/h4-5,8-12,14H,1-3,6-7,13H2. The van der Waals surface area contributed by atoms with Crippen LogP contribution in [-0.2, 0) is 0 Å². The monoisotopic (exact) mass is 386 g/mol. The highest BCUT2D eigenvalue weighted by Crippen LogP contribution is 2.30. The van der Waals surface area contributed by atoms with Gasteiger partial charge < -0.3 is 0 Å². The number of hydrogen-bond donors (Lipinski definition) is 0. The van der Waals surface area contributed by atoms with Crippen LogP contribution in [0.5, 0.6) is 0 Å². The summed E-state index contributed by atoms with van der Waals surface area (Å²) in [7, 11) is 0. The predicted molar refractivity (Wildman–Crippen MR) is 105 cm³/mol. The Balaban J connectivity index is 1.81. The molecule has 0 amide bonds. The van der Waals surface area contributed by atoms with E-state index >= 15 is 0 Å². The van der Waals surface area contributed by atoms with Crippen molar-refractivity contribution in [3.8, 4) is 5.69 Å². The van der Waals surface area contributed by atoms with Crippen LogP contribution in [0.2, 0.25) is 0 Å². The van der Waals surface area contributed by atoms with Crippen LogP contribution in [0, 0.1) is 17.6 Å². The molecule has 6 heteroatoms. The molecule has 0 unspecified atom stereocenters. The van der Waals surface area contributed by atoms with E-state index in [9.17, 15) is 13.6 Å². The molecule has 140 valence electrons. The normalized spacial score (nSPS) is 15.3. The third-order valence-electron chi connectivity index (χ3n) is 5.07. The topological polar surface area (TPSA) is 34.9 Å². The molecule has 1 aliphatic carbocycles. The van der Waals surface area contributed by atoms with Gasteiger partial charge in [0.05, 0.1) is 16.6 Å². The summed E-state index contributed by atoms with van der Waals surface area (Å²) in [5, 5.41) is 0.873. The Labute approximate surface area is 160 Å². The summed E-state index contributed by atoms with van der Waals surface area (Å²) in [6.45, 7) is 0. The van der Waals surface area contributed by atoms with E-state index in [1.54, 1.807) is 18.2 Å². The molecule has 1 fully saturated rings. The molecule has 3 nitrogen and oxygen atoms in total. The zero-order valence-electron chi connectivity index (χ0n) is 14.8. The maximum Gasteiger partial charge on any atom is 0.266 e. The maximum absolute atomic E-state index is 14.5. The van der Waals surface area contributed by atoms with Crippen molar-refractivity contribution in [3.05, 3.63) is 64.5 Å². The first kappa shape index (κ1) is 18.2. The summed E-state index contributed by atoms with van der Waals surface area (Å²) in [5.74, 6) is -0.0186. The Morgan fingerprint density at radius 3 is 2.63 bits per heavy atom. The smallest absolute Gasteiger partial charge is 0.266 e. The highest BCUT2D eigenvalue weighted by Gasteiger charge is 2.19. The fraction of sp³-hybridized carbons (Fsp3) is 0.333. The number of aromatic nitrogens is 2. The molecule has 0 spiro atoms. The van der Waals surface area contributed by atoms with Crippen LogP contribution in [0.15, 0.2) is 52.4 Å². The highest BCUT2D eigenvalue weighted by molar-refractivity contribution is 7.99. The van der Waals surface area contributed by atoms with Gasteiger partial charge in [-0.1, -0.05) is 43.2 Å². The maximum atomic E-state index is 14.5. The zero-order valence-corrected chi connectivity index (χ0v) is 15.6. The fourth-order valence-corrected chi connectivity index (χ4v) is 4.82. The summed E-state index contributed by atoms with van der Waals surface area (Å²) in [6, 6.07) is 10.3. The number of rotatable bonds is 4. The Morgan fingerprint density at radius 1 is 1.07 bits per heavy atom. The largest absolute Gasteiger partial charge is 0.268 e. The molecule has 0 N–H and O–H groups in total. The van der Waals surface area contributed by atoms with E-state index in [1.165, 1.54) is 54.5 Å². The molecule has 1 saturated carbocycles.